The molecule has 0 aromatic rings. The molecule has 0 aliphatic carbocycles. The first kappa shape index (κ1) is 20.8. The van der Waals surface area contributed by atoms with Crippen LogP contribution < -0.4 is 0 Å². The SMILES string of the molecule is CCOCCC(C)OCCN(CCOCC)CCOCC. The first-order chi connectivity index (χ1) is 10.2. The second-order valence-corrected chi connectivity index (χ2v) is 4.90. The minimum absolute atomic E-state index is 0.247. The summed E-state index contributed by atoms with van der Waals surface area (Å²) in [5.74, 6) is 0. The van der Waals surface area contributed by atoms with E-state index in [-0.39, 0.29) is 6.10 Å². The zero-order chi connectivity index (χ0) is 15.8. The third-order valence-corrected chi connectivity index (χ3v) is 3.19. The Bertz CT molecular complexity index is 195. The Morgan fingerprint density at radius 3 is 1.71 bits per heavy atom. The number of nitrogens with zero attached hydrogens (tertiary/aromatic N) is 1. The second kappa shape index (κ2) is 16.2. The molecule has 0 aliphatic heterocycles. The van der Waals surface area contributed by atoms with Crippen molar-refractivity contribution in [1.82, 2.24) is 4.90 Å². The van der Waals surface area contributed by atoms with Crippen molar-refractivity contribution >= 4 is 0 Å². The van der Waals surface area contributed by atoms with Crippen LogP contribution >= 0.6 is 0 Å². The smallest absolute Gasteiger partial charge is 0.0597 e. The quantitative estimate of drug-likeness (QED) is 0.409. The average molecular weight is 305 g/mol. The van der Waals surface area contributed by atoms with E-state index in [0.29, 0.717) is 0 Å². The highest BCUT2D eigenvalue weighted by Crippen LogP contribution is 1.99. The Labute approximate surface area is 130 Å². The maximum Gasteiger partial charge on any atom is 0.0597 e. The molecule has 0 N–H and O–H groups in total. The lowest BCUT2D eigenvalue weighted by Crippen LogP contribution is -2.34. The highest BCUT2D eigenvalue weighted by atomic mass is 16.5. The summed E-state index contributed by atoms with van der Waals surface area (Å²) in [5, 5.41) is 0. The standard InChI is InChI=1S/C16H35NO4/c1-5-18-12-8-16(4)21-15-11-17(9-13-19-6-2)10-14-20-7-3/h16H,5-15H2,1-4H3. The normalized spacial score (nSPS) is 13.0. The third kappa shape index (κ3) is 14.5. The van der Waals surface area contributed by atoms with Crippen LogP contribution in [0.3, 0.4) is 0 Å². The molecule has 0 aromatic carbocycles. The summed E-state index contributed by atoms with van der Waals surface area (Å²) in [6, 6.07) is 0. The van der Waals surface area contributed by atoms with Crippen LogP contribution in [0.2, 0.25) is 0 Å². The van der Waals surface area contributed by atoms with Gasteiger partial charge in [0.15, 0.2) is 0 Å². The van der Waals surface area contributed by atoms with E-state index in [1.807, 2.05) is 20.8 Å². The zero-order valence-corrected chi connectivity index (χ0v) is 14.4. The van der Waals surface area contributed by atoms with Gasteiger partial charge in [0.1, 0.15) is 0 Å². The zero-order valence-electron chi connectivity index (χ0n) is 14.4. The van der Waals surface area contributed by atoms with Crippen LogP contribution in [-0.4, -0.2) is 76.9 Å². The first-order valence-electron chi connectivity index (χ1n) is 8.31. The van der Waals surface area contributed by atoms with Gasteiger partial charge in [0.25, 0.3) is 0 Å². The van der Waals surface area contributed by atoms with Gasteiger partial charge in [-0.15, -0.1) is 0 Å². The molecular weight excluding hydrogens is 270 g/mol. The molecule has 0 rings (SSSR count). The number of hydrogen-bond acceptors (Lipinski definition) is 5. The maximum atomic E-state index is 5.83. The fraction of sp³-hybridized carbons (Fsp3) is 1.00. The summed E-state index contributed by atoms with van der Waals surface area (Å²) in [6.07, 6.45) is 1.20. The molecule has 1 atom stereocenters. The Kier molecular flexibility index (Phi) is 16.0. The third-order valence-electron chi connectivity index (χ3n) is 3.19. The van der Waals surface area contributed by atoms with Crippen molar-refractivity contribution in [3.63, 3.8) is 0 Å². The topological polar surface area (TPSA) is 40.2 Å². The Hall–Kier alpha value is -0.200. The number of ether oxygens (including phenoxy) is 4. The van der Waals surface area contributed by atoms with E-state index in [1.165, 1.54) is 0 Å². The maximum absolute atomic E-state index is 5.83. The summed E-state index contributed by atoms with van der Waals surface area (Å²) in [6.45, 7) is 16.3. The highest BCUT2D eigenvalue weighted by molar-refractivity contribution is 4.58. The number of hydrogen-bond donors (Lipinski definition) is 0. The van der Waals surface area contributed by atoms with Crippen molar-refractivity contribution < 1.29 is 18.9 Å². The van der Waals surface area contributed by atoms with E-state index in [2.05, 4.69) is 11.8 Å². The molecule has 0 saturated carbocycles. The van der Waals surface area contributed by atoms with Crippen molar-refractivity contribution in [3.05, 3.63) is 0 Å². The van der Waals surface area contributed by atoms with Crippen LogP contribution in [0.15, 0.2) is 0 Å². The van der Waals surface area contributed by atoms with Gasteiger partial charge >= 0.3 is 0 Å². The van der Waals surface area contributed by atoms with E-state index in [4.69, 9.17) is 18.9 Å². The largest absolute Gasteiger partial charge is 0.382 e. The molecule has 0 amide bonds. The number of rotatable bonds is 16. The predicted octanol–water partition coefficient (Wildman–Crippen LogP) is 2.19. The van der Waals surface area contributed by atoms with Gasteiger partial charge < -0.3 is 18.9 Å². The molecule has 1 unspecified atom stereocenters. The van der Waals surface area contributed by atoms with Gasteiger partial charge in [-0.25, -0.2) is 0 Å². The van der Waals surface area contributed by atoms with E-state index in [9.17, 15) is 0 Å². The van der Waals surface area contributed by atoms with Crippen molar-refractivity contribution in [2.24, 2.45) is 0 Å². The monoisotopic (exact) mass is 305 g/mol. The minimum atomic E-state index is 0.247. The first-order valence-corrected chi connectivity index (χ1v) is 8.31. The summed E-state index contributed by atoms with van der Waals surface area (Å²) in [4.78, 5) is 2.33. The Morgan fingerprint density at radius 2 is 1.19 bits per heavy atom. The van der Waals surface area contributed by atoms with E-state index in [1.54, 1.807) is 0 Å². The van der Waals surface area contributed by atoms with Gasteiger partial charge in [0, 0.05) is 46.1 Å². The van der Waals surface area contributed by atoms with E-state index in [0.717, 1.165) is 72.3 Å². The Balaban J connectivity index is 3.75. The van der Waals surface area contributed by atoms with Crippen molar-refractivity contribution in [3.8, 4) is 0 Å². The molecule has 0 aromatic heterocycles. The van der Waals surface area contributed by atoms with Crippen LogP contribution in [0.1, 0.15) is 34.1 Å². The fourth-order valence-electron chi connectivity index (χ4n) is 1.87. The average Bonchev–Trinajstić information content (AvgIpc) is 2.47. The van der Waals surface area contributed by atoms with E-state index >= 15 is 0 Å². The molecular formula is C16H35NO4. The van der Waals surface area contributed by atoms with Crippen LogP contribution in [0, 0.1) is 0 Å². The van der Waals surface area contributed by atoms with Gasteiger partial charge in [-0.05, 0) is 34.1 Å². The molecule has 5 heteroatoms. The molecule has 128 valence electrons. The second-order valence-electron chi connectivity index (χ2n) is 4.90. The van der Waals surface area contributed by atoms with Gasteiger partial charge in [0.2, 0.25) is 0 Å². The summed E-state index contributed by atoms with van der Waals surface area (Å²) >= 11 is 0. The summed E-state index contributed by atoms with van der Waals surface area (Å²) in [7, 11) is 0. The van der Waals surface area contributed by atoms with Crippen molar-refractivity contribution in [2.75, 3.05) is 65.9 Å². The molecule has 0 spiro atoms. The van der Waals surface area contributed by atoms with E-state index < -0.39 is 0 Å². The molecule has 21 heavy (non-hydrogen) atoms. The van der Waals surface area contributed by atoms with Crippen LogP contribution in [0.25, 0.3) is 0 Å². The molecule has 5 nitrogen and oxygen atoms in total. The van der Waals surface area contributed by atoms with Crippen LogP contribution in [-0.2, 0) is 18.9 Å². The summed E-state index contributed by atoms with van der Waals surface area (Å²) < 4.78 is 22.0. The molecule has 0 aliphatic rings. The lowest BCUT2D eigenvalue weighted by atomic mass is 10.3. The van der Waals surface area contributed by atoms with Crippen LogP contribution in [0.4, 0.5) is 0 Å². The molecule has 0 bridgehead atoms. The molecule has 0 saturated heterocycles. The minimum Gasteiger partial charge on any atom is -0.382 e. The van der Waals surface area contributed by atoms with Gasteiger partial charge in [-0.3, -0.25) is 4.90 Å². The Morgan fingerprint density at radius 1 is 0.714 bits per heavy atom. The lowest BCUT2D eigenvalue weighted by Gasteiger charge is -2.23. The summed E-state index contributed by atoms with van der Waals surface area (Å²) in [5.41, 5.74) is 0. The fourth-order valence-corrected chi connectivity index (χ4v) is 1.87. The van der Waals surface area contributed by atoms with Gasteiger partial charge in [-0.1, -0.05) is 0 Å². The highest BCUT2D eigenvalue weighted by Gasteiger charge is 2.07. The molecule has 0 fully saturated rings. The molecule has 0 heterocycles. The van der Waals surface area contributed by atoms with Crippen molar-refractivity contribution in [1.29, 1.82) is 0 Å². The lowest BCUT2D eigenvalue weighted by molar-refractivity contribution is 0.0138. The van der Waals surface area contributed by atoms with Crippen molar-refractivity contribution in [2.45, 2.75) is 40.2 Å². The van der Waals surface area contributed by atoms with Crippen LogP contribution in [0.5, 0.6) is 0 Å². The van der Waals surface area contributed by atoms with Gasteiger partial charge in [0.05, 0.1) is 25.9 Å². The van der Waals surface area contributed by atoms with Gasteiger partial charge in [-0.2, -0.15) is 0 Å². The molecule has 0 radical (unpaired) electrons. The predicted molar refractivity (Wildman–Crippen MR) is 86.0 cm³/mol.